The molecule has 1 N–H and O–H groups in total. The number of carbonyl (C=O) groups is 2. The number of amides is 2. The number of hydrogen-bond acceptors (Lipinski definition) is 3. The van der Waals surface area contributed by atoms with Gasteiger partial charge in [-0.1, -0.05) is 84.4 Å². The molecule has 0 heterocycles. The van der Waals surface area contributed by atoms with Crippen LogP contribution in [-0.4, -0.2) is 35.6 Å². The highest BCUT2D eigenvalue weighted by Gasteiger charge is 2.29. The molecule has 0 aliphatic rings. The van der Waals surface area contributed by atoms with Crippen LogP contribution in [0.5, 0.6) is 0 Å². The summed E-state index contributed by atoms with van der Waals surface area (Å²) in [5.41, 5.74) is 3.06. The van der Waals surface area contributed by atoms with Crippen LogP contribution in [0, 0.1) is 0 Å². The molecule has 166 valence electrons. The third-order valence-corrected chi connectivity index (χ3v) is 6.32. The van der Waals surface area contributed by atoms with Crippen molar-refractivity contribution in [1.29, 1.82) is 0 Å². The van der Waals surface area contributed by atoms with Gasteiger partial charge >= 0.3 is 0 Å². The predicted molar refractivity (Wildman–Crippen MR) is 133 cm³/mol. The number of carbonyl (C=O) groups excluding carboxylic acids is 2. The van der Waals surface area contributed by atoms with Crippen LogP contribution in [0.4, 0.5) is 0 Å². The van der Waals surface area contributed by atoms with Gasteiger partial charge in [0.25, 0.3) is 0 Å². The Bertz CT molecular complexity index is 1010. The molecule has 3 aromatic carbocycles. The zero-order valence-electron chi connectivity index (χ0n) is 18.0. The Hall–Kier alpha value is -2.76. The van der Waals surface area contributed by atoms with E-state index in [1.165, 1.54) is 5.56 Å². The molecule has 0 spiro atoms. The molecule has 0 saturated carbocycles. The molecule has 6 heteroatoms. The number of nitrogens with zero attached hydrogens (tertiary/aromatic N) is 1. The van der Waals surface area contributed by atoms with E-state index in [1.807, 2.05) is 78.9 Å². The van der Waals surface area contributed by atoms with Crippen molar-refractivity contribution in [3.63, 3.8) is 0 Å². The van der Waals surface area contributed by atoms with Crippen molar-refractivity contribution in [1.82, 2.24) is 10.2 Å². The predicted octanol–water partition coefficient (Wildman–Crippen LogP) is 4.96. The molecule has 0 radical (unpaired) electrons. The smallest absolute Gasteiger partial charge is 0.242 e. The second-order valence-corrected chi connectivity index (χ2v) is 8.87. The Morgan fingerprint density at radius 3 is 2.16 bits per heavy atom. The minimum Gasteiger partial charge on any atom is -0.357 e. The zero-order chi connectivity index (χ0) is 22.8. The summed E-state index contributed by atoms with van der Waals surface area (Å²) < 4.78 is 0. The number of nitrogens with one attached hydrogen (secondary N) is 1. The first-order valence-electron chi connectivity index (χ1n) is 10.5. The molecule has 3 rings (SSSR count). The molecular formula is C26H27ClN2O2S. The van der Waals surface area contributed by atoms with E-state index in [2.05, 4.69) is 5.32 Å². The summed E-state index contributed by atoms with van der Waals surface area (Å²) in [5, 5.41) is 3.34. The fraction of sp³-hybridized carbons (Fsp3) is 0.231. The molecule has 32 heavy (non-hydrogen) atoms. The van der Waals surface area contributed by atoms with E-state index in [0.29, 0.717) is 18.0 Å². The fourth-order valence-electron chi connectivity index (χ4n) is 3.47. The summed E-state index contributed by atoms with van der Waals surface area (Å²) in [6.07, 6.45) is 0.441. The first-order valence-corrected chi connectivity index (χ1v) is 12.0. The average Bonchev–Trinajstić information content (AvgIpc) is 2.82. The van der Waals surface area contributed by atoms with Gasteiger partial charge < -0.3 is 10.2 Å². The zero-order valence-corrected chi connectivity index (χ0v) is 19.6. The Morgan fingerprint density at radius 2 is 1.53 bits per heavy atom. The lowest BCUT2D eigenvalue weighted by Crippen LogP contribution is -2.50. The summed E-state index contributed by atoms with van der Waals surface area (Å²) in [6.45, 7) is 0.316. The first kappa shape index (κ1) is 23.9. The van der Waals surface area contributed by atoms with E-state index in [9.17, 15) is 9.59 Å². The highest BCUT2D eigenvalue weighted by molar-refractivity contribution is 7.99. The number of halogens is 1. The third-order valence-electron chi connectivity index (χ3n) is 5.10. The summed E-state index contributed by atoms with van der Waals surface area (Å²) in [7, 11) is 1.60. The van der Waals surface area contributed by atoms with Gasteiger partial charge in [-0.05, 0) is 28.8 Å². The van der Waals surface area contributed by atoms with Crippen molar-refractivity contribution >= 4 is 35.2 Å². The molecule has 0 aliphatic carbocycles. The molecule has 1 atom stereocenters. The second kappa shape index (κ2) is 12.3. The SMILES string of the molecule is CNC(=O)[C@H](Cc1ccccc1)N(Cc1cccc(Cl)c1)C(=O)CSCc1ccccc1. The average molecular weight is 467 g/mol. The number of likely N-dealkylation sites (N-methyl/N-ethyl adjacent to an activating group) is 1. The molecule has 3 aromatic rings. The molecule has 0 unspecified atom stereocenters. The first-order chi connectivity index (χ1) is 15.6. The lowest BCUT2D eigenvalue weighted by Gasteiger charge is -2.31. The van der Waals surface area contributed by atoms with E-state index in [1.54, 1.807) is 29.8 Å². The maximum absolute atomic E-state index is 13.4. The normalized spacial score (nSPS) is 11.6. The summed E-state index contributed by atoms with van der Waals surface area (Å²) in [4.78, 5) is 27.9. The van der Waals surface area contributed by atoms with Crippen molar-refractivity contribution in [3.8, 4) is 0 Å². The topological polar surface area (TPSA) is 49.4 Å². The number of benzene rings is 3. The lowest BCUT2D eigenvalue weighted by molar-refractivity contribution is -0.139. The highest BCUT2D eigenvalue weighted by atomic mass is 35.5. The van der Waals surface area contributed by atoms with Gasteiger partial charge in [0.05, 0.1) is 5.75 Å². The van der Waals surface area contributed by atoms with Gasteiger partial charge in [0.1, 0.15) is 6.04 Å². The third kappa shape index (κ3) is 7.14. The molecule has 0 aliphatic heterocycles. The Labute approximate surface area is 199 Å². The van der Waals surface area contributed by atoms with Gasteiger partial charge in [0.2, 0.25) is 11.8 Å². The van der Waals surface area contributed by atoms with Gasteiger partial charge in [-0.15, -0.1) is 11.8 Å². The lowest BCUT2D eigenvalue weighted by atomic mass is 10.0. The van der Waals surface area contributed by atoms with Gasteiger partial charge in [0, 0.05) is 30.8 Å². The quantitative estimate of drug-likeness (QED) is 0.459. The van der Waals surface area contributed by atoms with E-state index in [0.717, 1.165) is 16.9 Å². The van der Waals surface area contributed by atoms with Crippen molar-refractivity contribution in [2.75, 3.05) is 12.8 Å². The van der Waals surface area contributed by atoms with E-state index in [-0.39, 0.29) is 17.6 Å². The highest BCUT2D eigenvalue weighted by Crippen LogP contribution is 2.20. The van der Waals surface area contributed by atoms with Crippen LogP contribution in [-0.2, 0) is 28.3 Å². The minimum atomic E-state index is -0.619. The van der Waals surface area contributed by atoms with Gasteiger partial charge in [-0.3, -0.25) is 9.59 Å². The molecule has 0 bridgehead atoms. The van der Waals surface area contributed by atoms with Crippen molar-refractivity contribution in [3.05, 3.63) is 107 Å². The van der Waals surface area contributed by atoms with Gasteiger partial charge in [0.15, 0.2) is 0 Å². The number of thioether (sulfide) groups is 1. The largest absolute Gasteiger partial charge is 0.357 e. The Morgan fingerprint density at radius 1 is 0.906 bits per heavy atom. The van der Waals surface area contributed by atoms with Crippen molar-refractivity contribution in [2.45, 2.75) is 24.8 Å². The maximum atomic E-state index is 13.4. The molecule has 4 nitrogen and oxygen atoms in total. The molecule has 0 saturated heterocycles. The van der Waals surface area contributed by atoms with Gasteiger partial charge in [-0.25, -0.2) is 0 Å². The van der Waals surface area contributed by atoms with Crippen molar-refractivity contribution < 1.29 is 9.59 Å². The monoisotopic (exact) mass is 466 g/mol. The van der Waals surface area contributed by atoms with E-state index in [4.69, 9.17) is 11.6 Å². The van der Waals surface area contributed by atoms with E-state index >= 15 is 0 Å². The van der Waals surface area contributed by atoms with Crippen LogP contribution in [0.1, 0.15) is 16.7 Å². The van der Waals surface area contributed by atoms with Crippen molar-refractivity contribution in [2.24, 2.45) is 0 Å². The summed E-state index contributed by atoms with van der Waals surface area (Å²) in [6, 6.07) is 26.6. The second-order valence-electron chi connectivity index (χ2n) is 7.45. The Balaban J connectivity index is 1.81. The number of rotatable bonds is 10. The molecule has 0 aromatic heterocycles. The standard InChI is InChI=1S/C26H27ClN2O2S/c1-28-26(31)24(16-20-9-4-2-5-10-20)29(17-22-13-8-14-23(27)15-22)25(30)19-32-18-21-11-6-3-7-12-21/h2-15,24H,16-19H2,1H3,(H,28,31)/t24-/m0/s1. The van der Waals surface area contributed by atoms with Crippen LogP contribution in [0.15, 0.2) is 84.9 Å². The minimum absolute atomic E-state index is 0.0737. The van der Waals surface area contributed by atoms with Crippen LogP contribution >= 0.6 is 23.4 Å². The summed E-state index contributed by atoms with van der Waals surface area (Å²) >= 11 is 7.72. The van der Waals surface area contributed by atoms with Gasteiger partial charge in [-0.2, -0.15) is 0 Å². The van der Waals surface area contributed by atoms with Crippen LogP contribution in [0.2, 0.25) is 5.02 Å². The molecule has 2 amide bonds. The van der Waals surface area contributed by atoms with Crippen LogP contribution in [0.3, 0.4) is 0 Å². The maximum Gasteiger partial charge on any atom is 0.242 e. The number of hydrogen-bond donors (Lipinski definition) is 1. The van der Waals surface area contributed by atoms with Crippen LogP contribution in [0.25, 0.3) is 0 Å². The summed E-state index contributed by atoms with van der Waals surface area (Å²) in [5.74, 6) is 0.770. The molecule has 0 fully saturated rings. The van der Waals surface area contributed by atoms with E-state index < -0.39 is 6.04 Å². The molecular weight excluding hydrogens is 440 g/mol. The fourth-order valence-corrected chi connectivity index (χ4v) is 4.55. The van der Waals surface area contributed by atoms with Crippen LogP contribution < -0.4 is 5.32 Å². The Kier molecular flexibility index (Phi) is 9.20.